The van der Waals surface area contributed by atoms with Crippen molar-refractivity contribution in [2.24, 2.45) is 0 Å². The standard InChI is InChI=1S/C16H20NO8P/c1-2-12(9-3-5-10(18)6-4-9)16(21,22)15-13(17-26(23,24)25)7-11(19)8-14(15)20/h3-6,8,12,18,20-22H,2,7H2,1H3,(H3,17,23,24,25). The fourth-order valence-electron chi connectivity index (χ4n) is 3.01. The summed E-state index contributed by atoms with van der Waals surface area (Å²) in [5, 5.41) is 42.8. The van der Waals surface area contributed by atoms with Crippen LogP contribution in [0, 0.1) is 0 Å². The third-order valence-corrected chi connectivity index (χ3v) is 4.61. The lowest BCUT2D eigenvalue weighted by Crippen LogP contribution is -2.42. The van der Waals surface area contributed by atoms with Gasteiger partial charge in [0, 0.05) is 17.7 Å². The summed E-state index contributed by atoms with van der Waals surface area (Å²) >= 11 is 0. The van der Waals surface area contributed by atoms with Gasteiger partial charge in [-0.3, -0.25) is 9.88 Å². The van der Waals surface area contributed by atoms with Crippen LogP contribution in [0.5, 0.6) is 5.75 Å². The summed E-state index contributed by atoms with van der Waals surface area (Å²) in [4.78, 5) is 29.9. The second kappa shape index (κ2) is 7.22. The molecule has 0 aromatic heterocycles. The maximum Gasteiger partial charge on any atom is 0.427 e. The van der Waals surface area contributed by atoms with Gasteiger partial charge in [-0.25, -0.2) is 4.57 Å². The summed E-state index contributed by atoms with van der Waals surface area (Å²) in [7, 11) is -4.87. The number of phenols is 1. The van der Waals surface area contributed by atoms with Crippen LogP contribution in [0.25, 0.3) is 0 Å². The number of allylic oxidation sites excluding steroid dienone is 2. The highest BCUT2D eigenvalue weighted by Gasteiger charge is 2.44. The lowest BCUT2D eigenvalue weighted by molar-refractivity contribution is -0.149. The molecule has 26 heavy (non-hydrogen) atoms. The molecule has 0 saturated carbocycles. The van der Waals surface area contributed by atoms with E-state index >= 15 is 0 Å². The number of hydrogen-bond acceptors (Lipinski definition) is 6. The van der Waals surface area contributed by atoms with Crippen LogP contribution in [0.1, 0.15) is 31.2 Å². The zero-order valence-electron chi connectivity index (χ0n) is 13.8. The number of aromatic hydroxyl groups is 1. The van der Waals surface area contributed by atoms with Crippen molar-refractivity contribution in [2.75, 3.05) is 0 Å². The molecule has 0 heterocycles. The number of carbonyl (C=O) groups excluding carboxylic acids is 1. The maximum absolute atomic E-state index is 11.6. The average molecular weight is 385 g/mol. The Balaban J connectivity index is 2.58. The minimum absolute atomic E-state index is 0.0286. The molecular weight excluding hydrogens is 365 g/mol. The topological polar surface area (TPSA) is 168 Å². The SMILES string of the molecule is CCC(c1ccc(O)cc1)C(O)(O)C1=C(NP(=O)(O)O)CC(=O)C=C1O. The van der Waals surface area contributed by atoms with Gasteiger partial charge >= 0.3 is 7.75 Å². The molecule has 0 radical (unpaired) electrons. The normalized spacial score (nSPS) is 17.1. The Morgan fingerprint density at radius 2 is 1.77 bits per heavy atom. The van der Waals surface area contributed by atoms with E-state index in [-0.39, 0.29) is 12.2 Å². The van der Waals surface area contributed by atoms with Crippen LogP contribution in [-0.2, 0) is 9.36 Å². The molecule has 0 saturated heterocycles. The van der Waals surface area contributed by atoms with Gasteiger partial charge in [0.15, 0.2) is 5.78 Å². The number of hydrogen-bond donors (Lipinski definition) is 7. The van der Waals surface area contributed by atoms with E-state index in [0.717, 1.165) is 6.08 Å². The number of phenolic OH excluding ortho intramolecular Hbond substituents is 1. The van der Waals surface area contributed by atoms with E-state index in [9.17, 15) is 29.8 Å². The van der Waals surface area contributed by atoms with Gasteiger partial charge in [-0.15, -0.1) is 0 Å². The van der Waals surface area contributed by atoms with Gasteiger partial charge in [0.25, 0.3) is 0 Å². The van der Waals surface area contributed by atoms with Crippen LogP contribution in [-0.4, -0.2) is 41.8 Å². The largest absolute Gasteiger partial charge is 0.508 e. The molecule has 0 bridgehead atoms. The van der Waals surface area contributed by atoms with Crippen LogP contribution < -0.4 is 5.09 Å². The molecule has 1 atom stereocenters. The van der Waals surface area contributed by atoms with E-state index in [4.69, 9.17) is 9.79 Å². The zero-order valence-corrected chi connectivity index (χ0v) is 14.7. The Morgan fingerprint density at radius 3 is 2.27 bits per heavy atom. The van der Waals surface area contributed by atoms with E-state index in [0.29, 0.717) is 5.56 Å². The van der Waals surface area contributed by atoms with Gasteiger partial charge in [-0.1, -0.05) is 19.1 Å². The second-order valence-corrected chi connectivity index (χ2v) is 7.27. The fraction of sp³-hybridized carbons (Fsp3) is 0.312. The van der Waals surface area contributed by atoms with Crippen molar-refractivity contribution < 1.29 is 39.6 Å². The van der Waals surface area contributed by atoms with E-state index in [1.165, 1.54) is 24.3 Å². The Bertz CT molecular complexity index is 806. The number of benzene rings is 1. The predicted octanol–water partition coefficient (Wildman–Crippen LogP) is 0.918. The summed E-state index contributed by atoms with van der Waals surface area (Å²) in [6, 6.07) is 5.60. The Kier molecular flexibility index (Phi) is 5.60. The average Bonchev–Trinajstić information content (AvgIpc) is 2.46. The lowest BCUT2D eigenvalue weighted by atomic mass is 9.80. The van der Waals surface area contributed by atoms with Crippen molar-refractivity contribution in [1.29, 1.82) is 0 Å². The number of rotatable bonds is 6. The molecule has 0 fully saturated rings. The van der Waals surface area contributed by atoms with E-state index < -0.39 is 48.7 Å². The fourth-order valence-corrected chi connectivity index (χ4v) is 3.55. The summed E-state index contributed by atoms with van der Waals surface area (Å²) in [5.41, 5.74) is -0.644. The molecule has 142 valence electrons. The first kappa shape index (κ1) is 20.2. The molecule has 1 aromatic carbocycles. The van der Waals surface area contributed by atoms with Gasteiger partial charge in [-0.2, -0.15) is 0 Å². The van der Waals surface area contributed by atoms with Crippen molar-refractivity contribution in [3.05, 3.63) is 52.9 Å². The monoisotopic (exact) mass is 385 g/mol. The highest BCUT2D eigenvalue weighted by molar-refractivity contribution is 7.49. The highest BCUT2D eigenvalue weighted by atomic mass is 31.2. The summed E-state index contributed by atoms with van der Waals surface area (Å²) < 4.78 is 11.3. The minimum atomic E-state index is -4.87. The van der Waals surface area contributed by atoms with E-state index in [1.807, 2.05) is 0 Å². The number of aliphatic hydroxyl groups excluding tert-OH is 1. The molecule has 1 aliphatic carbocycles. The molecule has 0 aliphatic heterocycles. The molecule has 10 heteroatoms. The zero-order chi connectivity index (χ0) is 19.7. The number of aliphatic hydroxyl groups is 3. The third kappa shape index (κ3) is 4.32. The number of ketones is 1. The first-order valence-electron chi connectivity index (χ1n) is 7.70. The number of nitrogens with one attached hydrogen (secondary N) is 1. The molecule has 2 rings (SSSR count). The number of carbonyl (C=O) groups is 1. The first-order chi connectivity index (χ1) is 12.0. The van der Waals surface area contributed by atoms with Crippen LogP contribution in [0.4, 0.5) is 0 Å². The molecular formula is C16H20NO8P. The minimum Gasteiger partial charge on any atom is -0.508 e. The van der Waals surface area contributed by atoms with Crippen molar-refractivity contribution in [1.82, 2.24) is 5.09 Å². The second-order valence-electron chi connectivity index (χ2n) is 5.96. The Morgan fingerprint density at radius 1 is 1.19 bits per heavy atom. The smallest absolute Gasteiger partial charge is 0.427 e. The maximum atomic E-state index is 11.6. The van der Waals surface area contributed by atoms with Gasteiger partial charge in [-0.05, 0) is 24.1 Å². The Hall–Kier alpha value is -2.16. The van der Waals surface area contributed by atoms with Crippen molar-refractivity contribution >= 4 is 13.5 Å². The highest BCUT2D eigenvalue weighted by Crippen LogP contribution is 2.42. The third-order valence-electron chi connectivity index (χ3n) is 4.04. The lowest BCUT2D eigenvalue weighted by Gasteiger charge is -2.35. The summed E-state index contributed by atoms with van der Waals surface area (Å²) in [5.74, 6) is -5.24. The van der Waals surface area contributed by atoms with Crippen LogP contribution in [0.3, 0.4) is 0 Å². The molecule has 0 spiro atoms. The van der Waals surface area contributed by atoms with Crippen molar-refractivity contribution in [3.63, 3.8) is 0 Å². The molecule has 1 aliphatic rings. The van der Waals surface area contributed by atoms with Gasteiger partial charge in [0.1, 0.15) is 11.5 Å². The van der Waals surface area contributed by atoms with Gasteiger partial charge in [0.2, 0.25) is 5.79 Å². The van der Waals surface area contributed by atoms with Crippen molar-refractivity contribution in [2.45, 2.75) is 31.5 Å². The first-order valence-corrected chi connectivity index (χ1v) is 9.32. The predicted molar refractivity (Wildman–Crippen MR) is 90.8 cm³/mol. The van der Waals surface area contributed by atoms with Crippen molar-refractivity contribution in [3.8, 4) is 5.75 Å². The molecule has 9 nitrogen and oxygen atoms in total. The molecule has 0 amide bonds. The summed E-state index contributed by atoms with van der Waals surface area (Å²) in [6.45, 7) is 1.64. The van der Waals surface area contributed by atoms with Gasteiger partial charge < -0.3 is 30.2 Å². The van der Waals surface area contributed by atoms with Crippen LogP contribution >= 0.6 is 7.75 Å². The van der Waals surface area contributed by atoms with Crippen LogP contribution in [0.15, 0.2) is 47.4 Å². The molecule has 7 N–H and O–H groups in total. The van der Waals surface area contributed by atoms with Gasteiger partial charge in [0.05, 0.1) is 12.0 Å². The van der Waals surface area contributed by atoms with Crippen LogP contribution in [0.2, 0.25) is 0 Å². The van der Waals surface area contributed by atoms with E-state index in [1.54, 1.807) is 12.0 Å². The van der Waals surface area contributed by atoms with E-state index in [2.05, 4.69) is 0 Å². The Labute approximate surface area is 149 Å². The quantitative estimate of drug-likeness (QED) is 0.278. The molecule has 1 aromatic rings. The summed E-state index contributed by atoms with van der Waals surface area (Å²) in [6.07, 6.45) is 0.399. The molecule has 1 unspecified atom stereocenters.